The molecular weight excluding hydrogens is 794 g/mol. The summed E-state index contributed by atoms with van der Waals surface area (Å²) in [4.78, 5) is 46.1. The minimum atomic E-state index is -4.72. The van der Waals surface area contributed by atoms with Crippen LogP contribution in [0.1, 0.15) is 251 Å². The molecule has 0 aliphatic heterocycles. The molecule has 0 aromatic carbocycles. The number of nitrogens with two attached hydrogens (primary N) is 1. The largest absolute Gasteiger partial charge is 0.480 e. The van der Waals surface area contributed by atoms with E-state index in [1.54, 1.807) is 0 Å². The minimum absolute atomic E-state index is 0.164. The van der Waals surface area contributed by atoms with Crippen LogP contribution in [0.25, 0.3) is 0 Å². The molecule has 12 heteroatoms. The molecule has 0 spiro atoms. The molecule has 0 fully saturated rings. The molecule has 0 aliphatic carbocycles. The second-order valence-electron chi connectivity index (χ2n) is 17.3. The van der Waals surface area contributed by atoms with Gasteiger partial charge in [0, 0.05) is 12.8 Å². The van der Waals surface area contributed by atoms with E-state index in [0.29, 0.717) is 12.8 Å². The molecule has 1 unspecified atom stereocenters. The second kappa shape index (κ2) is 44.8. The topological polar surface area (TPSA) is 172 Å². The third-order valence-electron chi connectivity index (χ3n) is 11.3. The van der Waals surface area contributed by atoms with Gasteiger partial charge in [-0.25, -0.2) is 4.57 Å². The maximum absolute atomic E-state index is 12.7. The van der Waals surface area contributed by atoms with Gasteiger partial charge in [0.15, 0.2) is 6.10 Å². The van der Waals surface area contributed by atoms with Gasteiger partial charge in [-0.15, -0.1) is 0 Å². The molecule has 61 heavy (non-hydrogen) atoms. The lowest BCUT2D eigenvalue weighted by Crippen LogP contribution is -2.34. The van der Waals surface area contributed by atoms with Crippen LogP contribution in [0, 0.1) is 0 Å². The standard InChI is InChI=1S/C49H94NO10P/c1-3-5-7-9-11-13-15-17-19-20-21-22-23-24-25-27-29-31-33-35-37-39-41-48(52)60-45(43-58-61(55,56)59-44-46(50)49(53)54)42-57-47(51)40-38-36-34-32-30-28-26-18-16-14-12-10-8-6-4-2/h30,32,45-46H,3-29,31,33-44,50H2,1-2H3,(H,53,54)(H,55,56)/b32-30+/t45-,46-/m0/s1. The molecule has 0 saturated carbocycles. The SMILES string of the molecule is CCCCCCCCCCC/C=C/CCCCC(=O)OC[C@@H](COP(=O)(O)OC[C@H](N)C(=O)O)OC(=O)CCCCCCCCCCCCCCCCCCCCCCCC. The van der Waals surface area contributed by atoms with Gasteiger partial charge < -0.3 is 25.2 Å². The Morgan fingerprint density at radius 1 is 0.492 bits per heavy atom. The molecule has 0 aliphatic rings. The smallest absolute Gasteiger partial charge is 0.472 e. The summed E-state index contributed by atoms with van der Waals surface area (Å²) in [6.07, 6.45) is 47.1. The molecule has 4 N–H and O–H groups in total. The van der Waals surface area contributed by atoms with Crippen molar-refractivity contribution in [3.8, 4) is 0 Å². The molecule has 0 rings (SSSR count). The summed E-state index contributed by atoms with van der Waals surface area (Å²) < 4.78 is 32.8. The number of carbonyl (C=O) groups excluding carboxylic acids is 2. The number of aliphatic carboxylic acids is 1. The zero-order valence-electron chi connectivity index (χ0n) is 39.3. The van der Waals surface area contributed by atoms with E-state index in [4.69, 9.17) is 24.8 Å². The number of unbranched alkanes of at least 4 members (excludes halogenated alkanes) is 32. The van der Waals surface area contributed by atoms with Crippen molar-refractivity contribution in [1.82, 2.24) is 0 Å². The van der Waals surface area contributed by atoms with Gasteiger partial charge in [-0.2, -0.15) is 0 Å². The predicted molar refractivity (Wildman–Crippen MR) is 249 cm³/mol. The van der Waals surface area contributed by atoms with Crippen molar-refractivity contribution in [1.29, 1.82) is 0 Å². The van der Waals surface area contributed by atoms with E-state index in [-0.39, 0.29) is 19.4 Å². The molecule has 0 bridgehead atoms. The highest BCUT2D eigenvalue weighted by atomic mass is 31.2. The number of rotatable bonds is 48. The Labute approximate surface area is 373 Å². The molecule has 0 aromatic rings. The fourth-order valence-electron chi connectivity index (χ4n) is 7.30. The first-order valence-electron chi connectivity index (χ1n) is 25.2. The molecule has 0 saturated heterocycles. The second-order valence-corrected chi connectivity index (χ2v) is 18.8. The van der Waals surface area contributed by atoms with Crippen molar-refractivity contribution in [2.24, 2.45) is 5.73 Å². The Bertz CT molecular complexity index is 1090. The quantitative estimate of drug-likeness (QED) is 0.0230. The minimum Gasteiger partial charge on any atom is -0.480 e. The molecule has 0 aromatic heterocycles. The lowest BCUT2D eigenvalue weighted by Gasteiger charge is -2.20. The fourth-order valence-corrected chi connectivity index (χ4v) is 8.08. The normalized spacial score (nSPS) is 13.6. The van der Waals surface area contributed by atoms with Crippen molar-refractivity contribution in [2.75, 3.05) is 19.8 Å². The third-order valence-corrected chi connectivity index (χ3v) is 12.2. The summed E-state index contributed by atoms with van der Waals surface area (Å²) in [5.74, 6) is -2.39. The number of allylic oxidation sites excluding steroid dienone is 2. The Kier molecular flexibility index (Phi) is 43.5. The van der Waals surface area contributed by atoms with Gasteiger partial charge in [0.25, 0.3) is 0 Å². The lowest BCUT2D eigenvalue weighted by molar-refractivity contribution is -0.161. The summed E-state index contributed by atoms with van der Waals surface area (Å²) in [5.41, 5.74) is 5.35. The lowest BCUT2D eigenvalue weighted by atomic mass is 10.0. The van der Waals surface area contributed by atoms with Gasteiger partial charge in [0.1, 0.15) is 12.6 Å². The Morgan fingerprint density at radius 2 is 0.820 bits per heavy atom. The van der Waals surface area contributed by atoms with Crippen molar-refractivity contribution in [3.05, 3.63) is 12.2 Å². The van der Waals surface area contributed by atoms with Gasteiger partial charge in [-0.3, -0.25) is 23.4 Å². The highest BCUT2D eigenvalue weighted by Gasteiger charge is 2.28. The van der Waals surface area contributed by atoms with Gasteiger partial charge >= 0.3 is 25.7 Å². The predicted octanol–water partition coefficient (Wildman–Crippen LogP) is 14.0. The van der Waals surface area contributed by atoms with Gasteiger partial charge in [-0.1, -0.05) is 212 Å². The van der Waals surface area contributed by atoms with Gasteiger partial charge in [-0.05, 0) is 38.5 Å². The summed E-state index contributed by atoms with van der Waals surface area (Å²) in [5, 5.41) is 8.91. The average Bonchev–Trinajstić information content (AvgIpc) is 3.24. The van der Waals surface area contributed by atoms with Crippen LogP contribution in [-0.2, 0) is 37.5 Å². The number of phosphoric ester groups is 1. The van der Waals surface area contributed by atoms with Crippen LogP contribution in [0.15, 0.2) is 12.2 Å². The Morgan fingerprint density at radius 3 is 1.23 bits per heavy atom. The van der Waals surface area contributed by atoms with Crippen molar-refractivity contribution in [2.45, 2.75) is 264 Å². The molecule has 0 radical (unpaired) electrons. The van der Waals surface area contributed by atoms with E-state index < -0.39 is 51.1 Å². The highest BCUT2D eigenvalue weighted by Crippen LogP contribution is 2.43. The zero-order chi connectivity index (χ0) is 44.9. The molecule has 0 amide bonds. The van der Waals surface area contributed by atoms with Crippen LogP contribution in [0.2, 0.25) is 0 Å². The first kappa shape index (κ1) is 59.2. The van der Waals surface area contributed by atoms with Crippen LogP contribution in [0.3, 0.4) is 0 Å². The van der Waals surface area contributed by atoms with Crippen LogP contribution in [-0.4, -0.2) is 59.9 Å². The van der Waals surface area contributed by atoms with E-state index >= 15 is 0 Å². The van der Waals surface area contributed by atoms with Crippen molar-refractivity contribution >= 4 is 25.7 Å². The number of esters is 2. The maximum atomic E-state index is 12.7. The van der Waals surface area contributed by atoms with E-state index in [1.165, 1.54) is 173 Å². The number of carboxylic acids is 1. The van der Waals surface area contributed by atoms with Crippen LogP contribution >= 0.6 is 7.82 Å². The maximum Gasteiger partial charge on any atom is 0.472 e. The summed E-state index contributed by atoms with van der Waals surface area (Å²) in [6.45, 7) is 2.83. The number of hydrogen-bond acceptors (Lipinski definition) is 9. The molecule has 3 atom stereocenters. The van der Waals surface area contributed by atoms with Crippen molar-refractivity contribution < 1.29 is 47.5 Å². The number of carboxylic acid groups (broad SMARTS) is 1. The van der Waals surface area contributed by atoms with Crippen LogP contribution < -0.4 is 5.73 Å². The fraction of sp³-hybridized carbons (Fsp3) is 0.898. The van der Waals surface area contributed by atoms with E-state index in [9.17, 15) is 23.8 Å². The Balaban J connectivity index is 4.22. The van der Waals surface area contributed by atoms with E-state index in [1.807, 2.05) is 0 Å². The number of carbonyl (C=O) groups is 3. The molecule has 0 heterocycles. The average molecular weight is 888 g/mol. The summed E-state index contributed by atoms with van der Waals surface area (Å²) in [6, 6.07) is -1.52. The first-order valence-corrected chi connectivity index (χ1v) is 26.7. The van der Waals surface area contributed by atoms with E-state index in [0.717, 1.165) is 38.5 Å². The monoisotopic (exact) mass is 888 g/mol. The summed E-state index contributed by atoms with van der Waals surface area (Å²) >= 11 is 0. The van der Waals surface area contributed by atoms with Gasteiger partial charge in [0.05, 0.1) is 13.2 Å². The number of ether oxygens (including phenoxy) is 2. The van der Waals surface area contributed by atoms with Gasteiger partial charge in [0.2, 0.25) is 0 Å². The number of hydrogen-bond donors (Lipinski definition) is 3. The number of phosphoric acid groups is 1. The molecule has 11 nitrogen and oxygen atoms in total. The molecule has 360 valence electrons. The third kappa shape index (κ3) is 44.6. The first-order chi connectivity index (χ1) is 29.6. The highest BCUT2D eigenvalue weighted by molar-refractivity contribution is 7.47. The zero-order valence-corrected chi connectivity index (χ0v) is 40.2. The van der Waals surface area contributed by atoms with Crippen LogP contribution in [0.4, 0.5) is 0 Å². The van der Waals surface area contributed by atoms with Crippen LogP contribution in [0.5, 0.6) is 0 Å². The van der Waals surface area contributed by atoms with E-state index in [2.05, 4.69) is 30.5 Å². The Hall–Kier alpha value is -1.78. The molecular formula is C49H94NO10P. The summed E-state index contributed by atoms with van der Waals surface area (Å²) in [7, 11) is -4.72. The van der Waals surface area contributed by atoms with Crippen molar-refractivity contribution in [3.63, 3.8) is 0 Å².